The van der Waals surface area contributed by atoms with Crippen LogP contribution < -0.4 is 5.73 Å². The Morgan fingerprint density at radius 1 is 1.27 bits per heavy atom. The summed E-state index contributed by atoms with van der Waals surface area (Å²) < 4.78 is 5.59. The molecule has 22 heavy (non-hydrogen) atoms. The summed E-state index contributed by atoms with van der Waals surface area (Å²) in [5.74, 6) is 0. The van der Waals surface area contributed by atoms with E-state index in [9.17, 15) is 0 Å². The van der Waals surface area contributed by atoms with Crippen LogP contribution in [0.4, 0.5) is 0 Å². The fourth-order valence-corrected chi connectivity index (χ4v) is 3.30. The lowest BCUT2D eigenvalue weighted by molar-refractivity contribution is 0.0758. The lowest BCUT2D eigenvalue weighted by atomic mass is 10.3. The fourth-order valence-electron chi connectivity index (χ4n) is 2.49. The second-order valence-electron chi connectivity index (χ2n) is 5.18. The lowest BCUT2D eigenvalue weighted by Crippen LogP contribution is -2.47. The van der Waals surface area contributed by atoms with Crippen LogP contribution in [-0.2, 0) is 11.3 Å². The van der Waals surface area contributed by atoms with Gasteiger partial charge in [0.05, 0.1) is 5.69 Å². The summed E-state index contributed by atoms with van der Waals surface area (Å²) in [6.45, 7) is 12.0. The van der Waals surface area contributed by atoms with Crippen LogP contribution in [0, 0.1) is 0 Å². The molecular formula is C14H28Cl2N4OS. The van der Waals surface area contributed by atoms with Gasteiger partial charge in [-0.05, 0) is 13.8 Å². The van der Waals surface area contributed by atoms with Crippen molar-refractivity contribution >= 4 is 36.2 Å². The molecule has 8 heteroatoms. The molecule has 0 bridgehead atoms. The molecule has 2 heterocycles. The first-order valence-electron chi connectivity index (χ1n) is 7.43. The van der Waals surface area contributed by atoms with Crippen molar-refractivity contribution in [1.82, 2.24) is 14.8 Å². The highest BCUT2D eigenvalue weighted by molar-refractivity contribution is 7.09. The van der Waals surface area contributed by atoms with Crippen molar-refractivity contribution in [2.24, 2.45) is 5.73 Å². The maximum atomic E-state index is 5.60. The number of thiazole rings is 1. The number of hydrogen-bond donors (Lipinski definition) is 1. The molecule has 1 atom stereocenters. The molecular weight excluding hydrogens is 343 g/mol. The van der Waals surface area contributed by atoms with Gasteiger partial charge in [0.2, 0.25) is 0 Å². The minimum Gasteiger partial charge on any atom is -0.372 e. The van der Waals surface area contributed by atoms with Gasteiger partial charge in [-0.3, -0.25) is 9.80 Å². The third-order valence-corrected chi connectivity index (χ3v) is 4.68. The molecule has 1 aromatic rings. The summed E-state index contributed by atoms with van der Waals surface area (Å²) in [4.78, 5) is 9.60. The zero-order valence-corrected chi connectivity index (χ0v) is 15.8. The van der Waals surface area contributed by atoms with Gasteiger partial charge in [-0.2, -0.15) is 0 Å². The summed E-state index contributed by atoms with van der Waals surface area (Å²) in [6, 6.07) is 0. The normalized spacial score (nSPS) is 17.6. The van der Waals surface area contributed by atoms with Crippen LogP contribution in [0.5, 0.6) is 0 Å². The smallest absolute Gasteiger partial charge is 0.122 e. The van der Waals surface area contributed by atoms with E-state index in [1.807, 2.05) is 6.92 Å². The van der Waals surface area contributed by atoms with E-state index in [1.54, 1.807) is 11.3 Å². The topological polar surface area (TPSA) is 54.6 Å². The van der Waals surface area contributed by atoms with Gasteiger partial charge in [0.25, 0.3) is 0 Å². The van der Waals surface area contributed by atoms with Crippen molar-refractivity contribution in [3.8, 4) is 0 Å². The predicted octanol–water partition coefficient (Wildman–Crippen LogP) is 2.16. The highest BCUT2D eigenvalue weighted by Gasteiger charge is 2.18. The van der Waals surface area contributed by atoms with Crippen molar-refractivity contribution < 1.29 is 4.74 Å². The van der Waals surface area contributed by atoms with Gasteiger partial charge >= 0.3 is 0 Å². The van der Waals surface area contributed by atoms with Crippen molar-refractivity contribution in [2.45, 2.75) is 26.5 Å². The first-order valence-corrected chi connectivity index (χ1v) is 8.31. The number of rotatable bonds is 7. The zero-order valence-electron chi connectivity index (χ0n) is 13.4. The maximum absolute atomic E-state index is 5.60. The Balaban J connectivity index is 0.00000220. The van der Waals surface area contributed by atoms with Crippen LogP contribution in [0.15, 0.2) is 5.38 Å². The molecule has 1 aliphatic heterocycles. The summed E-state index contributed by atoms with van der Waals surface area (Å²) in [7, 11) is 0. The van der Waals surface area contributed by atoms with Crippen LogP contribution in [0.2, 0.25) is 0 Å². The molecule has 1 aliphatic rings. The van der Waals surface area contributed by atoms with Gasteiger partial charge in [0.15, 0.2) is 0 Å². The van der Waals surface area contributed by atoms with Gasteiger partial charge in [-0.1, -0.05) is 0 Å². The Labute approximate surface area is 150 Å². The molecule has 1 aromatic heterocycles. The van der Waals surface area contributed by atoms with E-state index in [0.29, 0.717) is 0 Å². The van der Waals surface area contributed by atoms with Crippen LogP contribution in [0.3, 0.4) is 0 Å². The molecule has 2 N–H and O–H groups in total. The largest absolute Gasteiger partial charge is 0.372 e. The molecule has 1 fully saturated rings. The quantitative estimate of drug-likeness (QED) is 0.796. The first kappa shape index (κ1) is 22.1. The van der Waals surface area contributed by atoms with Gasteiger partial charge < -0.3 is 10.5 Å². The fraction of sp³-hybridized carbons (Fsp3) is 0.786. The van der Waals surface area contributed by atoms with Gasteiger partial charge in [-0.15, -0.1) is 36.2 Å². The third-order valence-electron chi connectivity index (χ3n) is 3.63. The Hall–Kier alpha value is 0.0500. The molecule has 0 aromatic carbocycles. The van der Waals surface area contributed by atoms with E-state index >= 15 is 0 Å². The monoisotopic (exact) mass is 370 g/mol. The highest BCUT2D eigenvalue weighted by atomic mass is 35.5. The van der Waals surface area contributed by atoms with E-state index in [2.05, 4.69) is 22.1 Å². The van der Waals surface area contributed by atoms with Crippen molar-refractivity contribution in [3.63, 3.8) is 0 Å². The molecule has 0 radical (unpaired) electrons. The molecule has 0 spiro atoms. The Morgan fingerprint density at radius 3 is 2.50 bits per heavy atom. The minimum atomic E-state index is 0. The van der Waals surface area contributed by atoms with Gasteiger partial charge in [0.1, 0.15) is 11.1 Å². The summed E-state index contributed by atoms with van der Waals surface area (Å²) in [6.07, 6.45) is 0.111. The number of aromatic nitrogens is 1. The SMILES string of the molecule is CCOC(C)c1nc(CN2CCN(CCN)CC2)cs1.Cl.Cl. The Bertz CT molecular complexity index is 400. The number of ether oxygens (including phenoxy) is 1. The standard InChI is InChI=1S/C14H26N4OS.2ClH/c1-3-19-12(2)14-16-13(11-20-14)10-18-8-6-17(5-4-15)7-9-18;;/h11-12H,3-10,15H2,1-2H3;2*1H. The number of nitrogens with two attached hydrogens (primary N) is 1. The number of halogens is 2. The van der Waals surface area contributed by atoms with Gasteiger partial charge in [0, 0.05) is 57.8 Å². The Kier molecular flexibility index (Phi) is 11.6. The second-order valence-corrected chi connectivity index (χ2v) is 6.07. The molecule has 0 aliphatic carbocycles. The summed E-state index contributed by atoms with van der Waals surface area (Å²) in [5.41, 5.74) is 6.77. The number of hydrogen-bond acceptors (Lipinski definition) is 6. The second kappa shape index (κ2) is 11.6. The molecule has 5 nitrogen and oxygen atoms in total. The predicted molar refractivity (Wildman–Crippen MR) is 97.4 cm³/mol. The molecule has 0 saturated carbocycles. The molecule has 1 unspecified atom stereocenters. The summed E-state index contributed by atoms with van der Waals surface area (Å²) in [5, 5.41) is 3.25. The molecule has 2 rings (SSSR count). The van der Waals surface area contributed by atoms with Crippen LogP contribution in [0.1, 0.15) is 30.7 Å². The van der Waals surface area contributed by atoms with E-state index < -0.39 is 0 Å². The molecule has 0 amide bonds. The zero-order chi connectivity index (χ0) is 14.4. The minimum absolute atomic E-state index is 0. The van der Waals surface area contributed by atoms with Crippen LogP contribution in [-0.4, -0.2) is 60.7 Å². The van der Waals surface area contributed by atoms with Crippen LogP contribution in [0.25, 0.3) is 0 Å². The van der Waals surface area contributed by atoms with E-state index in [4.69, 9.17) is 15.5 Å². The highest BCUT2D eigenvalue weighted by Crippen LogP contribution is 2.22. The Morgan fingerprint density at radius 2 is 1.91 bits per heavy atom. The van der Waals surface area contributed by atoms with Crippen molar-refractivity contribution in [2.75, 3.05) is 45.9 Å². The van der Waals surface area contributed by atoms with E-state index in [-0.39, 0.29) is 30.9 Å². The van der Waals surface area contributed by atoms with E-state index in [1.165, 1.54) is 5.69 Å². The summed E-state index contributed by atoms with van der Waals surface area (Å²) >= 11 is 1.71. The third kappa shape index (κ3) is 6.66. The molecule has 1 saturated heterocycles. The number of nitrogens with zero attached hydrogens (tertiary/aromatic N) is 3. The van der Waals surface area contributed by atoms with Crippen molar-refractivity contribution in [1.29, 1.82) is 0 Å². The molecule has 130 valence electrons. The lowest BCUT2D eigenvalue weighted by Gasteiger charge is -2.34. The van der Waals surface area contributed by atoms with Crippen LogP contribution >= 0.6 is 36.2 Å². The van der Waals surface area contributed by atoms with E-state index in [0.717, 1.165) is 57.4 Å². The average Bonchev–Trinajstić information content (AvgIpc) is 2.90. The maximum Gasteiger partial charge on any atom is 0.122 e. The van der Waals surface area contributed by atoms with Crippen molar-refractivity contribution in [3.05, 3.63) is 16.1 Å². The number of piperazine rings is 1. The van der Waals surface area contributed by atoms with Gasteiger partial charge in [-0.25, -0.2) is 4.98 Å². The average molecular weight is 371 g/mol. The first-order chi connectivity index (χ1) is 9.72.